The van der Waals surface area contributed by atoms with Gasteiger partial charge in [-0.2, -0.15) is 0 Å². The summed E-state index contributed by atoms with van der Waals surface area (Å²) >= 11 is 8.89. The fourth-order valence-electron chi connectivity index (χ4n) is 1.88. The molecule has 3 rings (SSSR count). The molecule has 3 nitrogen and oxygen atoms in total. The highest BCUT2D eigenvalue weighted by atomic mass is 79.9. The van der Waals surface area contributed by atoms with E-state index in [0.29, 0.717) is 21.8 Å². The van der Waals surface area contributed by atoms with E-state index < -0.39 is 5.82 Å². The number of rotatable bonds is 2. The second kappa shape index (κ2) is 4.72. The Morgan fingerprint density at radius 1 is 1.42 bits per heavy atom. The number of aromatic amines is 1. The molecule has 0 radical (unpaired) electrons. The van der Waals surface area contributed by atoms with Gasteiger partial charge in [0.05, 0.1) is 10.7 Å². The molecule has 1 aromatic heterocycles. The molecule has 0 spiro atoms. The number of aromatic nitrogens is 2. The number of nitrogens with zero attached hydrogens (tertiary/aromatic N) is 1. The van der Waals surface area contributed by atoms with Crippen LogP contribution in [0.2, 0.25) is 5.02 Å². The molecule has 6 heteroatoms. The highest BCUT2D eigenvalue weighted by molar-refractivity contribution is 9.10. The number of H-pyrrole nitrogens is 1. The van der Waals surface area contributed by atoms with Crippen molar-refractivity contribution in [1.82, 2.24) is 9.97 Å². The molecule has 0 aliphatic heterocycles. The Balaban J connectivity index is 2.14. The van der Waals surface area contributed by atoms with Crippen LogP contribution < -0.4 is 5.56 Å². The Hall–Kier alpha value is -1.20. The molecule has 2 aromatic rings. The SMILES string of the molecule is O=c1[nH]c(-c2ccc(Cl)c(F)c2)nc(C2CC2)c1Br. The molecule has 1 fully saturated rings. The molecule has 0 saturated heterocycles. The van der Waals surface area contributed by atoms with Crippen molar-refractivity contribution in [2.45, 2.75) is 18.8 Å². The van der Waals surface area contributed by atoms with Gasteiger partial charge in [-0.15, -0.1) is 0 Å². The maximum atomic E-state index is 13.5. The van der Waals surface area contributed by atoms with Crippen LogP contribution in [0.5, 0.6) is 0 Å². The molecule has 1 aliphatic rings. The van der Waals surface area contributed by atoms with Crippen LogP contribution in [0.4, 0.5) is 4.39 Å². The van der Waals surface area contributed by atoms with Crippen molar-refractivity contribution in [2.75, 3.05) is 0 Å². The van der Waals surface area contributed by atoms with E-state index in [9.17, 15) is 9.18 Å². The topological polar surface area (TPSA) is 45.8 Å². The van der Waals surface area contributed by atoms with Crippen molar-refractivity contribution in [1.29, 1.82) is 0 Å². The van der Waals surface area contributed by atoms with Crippen molar-refractivity contribution in [3.05, 3.63) is 49.6 Å². The van der Waals surface area contributed by atoms with Crippen LogP contribution in [0.3, 0.4) is 0 Å². The fraction of sp³-hybridized carbons (Fsp3) is 0.231. The van der Waals surface area contributed by atoms with Gasteiger partial charge in [-0.25, -0.2) is 9.37 Å². The van der Waals surface area contributed by atoms with Crippen molar-refractivity contribution >= 4 is 27.5 Å². The van der Waals surface area contributed by atoms with E-state index in [1.807, 2.05) is 0 Å². The molecule has 98 valence electrons. The predicted octanol–water partition coefficient (Wildman–Crippen LogP) is 3.87. The largest absolute Gasteiger partial charge is 0.306 e. The fourth-order valence-corrected chi connectivity index (χ4v) is 2.51. The van der Waals surface area contributed by atoms with Gasteiger partial charge in [0.25, 0.3) is 5.56 Å². The van der Waals surface area contributed by atoms with Gasteiger partial charge in [0.1, 0.15) is 16.1 Å². The molecule has 0 amide bonds. The summed E-state index contributed by atoms with van der Waals surface area (Å²) in [5.74, 6) is 0.163. The zero-order valence-electron chi connectivity index (χ0n) is 9.71. The van der Waals surface area contributed by atoms with E-state index >= 15 is 0 Å². The lowest BCUT2D eigenvalue weighted by atomic mass is 10.2. The molecular weight excluding hydrogens is 335 g/mol. The van der Waals surface area contributed by atoms with Gasteiger partial charge in [0.2, 0.25) is 0 Å². The molecular formula is C13H9BrClFN2O. The molecule has 1 aliphatic carbocycles. The van der Waals surface area contributed by atoms with Crippen LogP contribution in [-0.2, 0) is 0 Å². The summed E-state index contributed by atoms with van der Waals surface area (Å²) < 4.78 is 13.9. The summed E-state index contributed by atoms with van der Waals surface area (Å²) in [5, 5.41) is 0.0469. The Morgan fingerprint density at radius 3 is 2.79 bits per heavy atom. The van der Waals surface area contributed by atoms with E-state index in [0.717, 1.165) is 18.5 Å². The summed E-state index contributed by atoms with van der Waals surface area (Å²) in [5.41, 5.74) is 1.00. The van der Waals surface area contributed by atoms with Gasteiger partial charge in [-0.05, 0) is 47.0 Å². The number of benzene rings is 1. The van der Waals surface area contributed by atoms with E-state index in [1.54, 1.807) is 6.07 Å². The van der Waals surface area contributed by atoms with Crippen molar-refractivity contribution in [3.8, 4) is 11.4 Å². The minimum Gasteiger partial charge on any atom is -0.306 e. The van der Waals surface area contributed by atoms with Crippen LogP contribution in [0, 0.1) is 5.82 Å². The first-order valence-corrected chi connectivity index (χ1v) is 6.98. The smallest absolute Gasteiger partial charge is 0.265 e. The first-order chi connectivity index (χ1) is 9.06. The molecule has 0 unspecified atom stereocenters. The Morgan fingerprint density at radius 2 is 2.16 bits per heavy atom. The molecule has 0 bridgehead atoms. The zero-order valence-corrected chi connectivity index (χ0v) is 12.1. The van der Waals surface area contributed by atoms with Gasteiger partial charge in [-0.1, -0.05) is 11.6 Å². The third kappa shape index (κ3) is 2.44. The van der Waals surface area contributed by atoms with E-state index in [4.69, 9.17) is 11.6 Å². The summed E-state index contributed by atoms with van der Waals surface area (Å²) in [6.45, 7) is 0. The van der Waals surface area contributed by atoms with E-state index in [2.05, 4.69) is 25.9 Å². The zero-order chi connectivity index (χ0) is 13.6. The molecule has 0 atom stereocenters. The molecule has 1 saturated carbocycles. The van der Waals surface area contributed by atoms with Crippen LogP contribution in [0.15, 0.2) is 27.5 Å². The Labute approximate surface area is 122 Å². The lowest BCUT2D eigenvalue weighted by Gasteiger charge is -2.06. The van der Waals surface area contributed by atoms with Crippen LogP contribution >= 0.6 is 27.5 Å². The lowest BCUT2D eigenvalue weighted by molar-refractivity contribution is 0.628. The van der Waals surface area contributed by atoms with E-state index in [-0.39, 0.29) is 10.6 Å². The monoisotopic (exact) mass is 342 g/mol. The lowest BCUT2D eigenvalue weighted by Crippen LogP contribution is -2.13. The minimum absolute atomic E-state index is 0.0469. The summed E-state index contributed by atoms with van der Waals surface area (Å²) in [6, 6.07) is 4.35. The summed E-state index contributed by atoms with van der Waals surface area (Å²) in [4.78, 5) is 18.9. The number of hydrogen-bond donors (Lipinski definition) is 1. The van der Waals surface area contributed by atoms with Gasteiger partial charge in [-0.3, -0.25) is 4.79 Å². The molecule has 19 heavy (non-hydrogen) atoms. The molecule has 1 N–H and O–H groups in total. The van der Waals surface area contributed by atoms with Crippen LogP contribution in [0.1, 0.15) is 24.5 Å². The third-order valence-corrected chi connectivity index (χ3v) is 4.12. The normalized spacial score (nSPS) is 14.7. The van der Waals surface area contributed by atoms with Gasteiger partial charge >= 0.3 is 0 Å². The summed E-state index contributed by atoms with van der Waals surface area (Å²) in [7, 11) is 0. The van der Waals surface area contributed by atoms with Crippen LogP contribution in [0.25, 0.3) is 11.4 Å². The Bertz CT molecular complexity index is 712. The highest BCUT2D eigenvalue weighted by Gasteiger charge is 2.29. The molecule has 1 aromatic carbocycles. The average Bonchev–Trinajstić information content (AvgIpc) is 3.20. The van der Waals surface area contributed by atoms with E-state index in [1.165, 1.54) is 12.1 Å². The molecule has 1 heterocycles. The highest BCUT2D eigenvalue weighted by Crippen LogP contribution is 2.41. The van der Waals surface area contributed by atoms with Gasteiger partial charge in [0, 0.05) is 11.5 Å². The number of nitrogens with one attached hydrogen (secondary N) is 1. The maximum Gasteiger partial charge on any atom is 0.265 e. The maximum absolute atomic E-state index is 13.5. The number of hydrogen-bond acceptors (Lipinski definition) is 2. The standard InChI is InChI=1S/C13H9BrClFN2O/c14-10-11(6-1-2-6)17-12(18-13(10)19)7-3-4-8(15)9(16)5-7/h3-6H,1-2H2,(H,17,18,19). The van der Waals surface area contributed by atoms with Crippen molar-refractivity contribution < 1.29 is 4.39 Å². The van der Waals surface area contributed by atoms with Crippen molar-refractivity contribution in [2.24, 2.45) is 0 Å². The first kappa shape index (κ1) is 12.8. The first-order valence-electron chi connectivity index (χ1n) is 5.81. The van der Waals surface area contributed by atoms with Gasteiger partial charge < -0.3 is 4.98 Å². The second-order valence-corrected chi connectivity index (χ2v) is 5.72. The van der Waals surface area contributed by atoms with Crippen molar-refractivity contribution in [3.63, 3.8) is 0 Å². The second-order valence-electron chi connectivity index (χ2n) is 4.52. The van der Waals surface area contributed by atoms with Gasteiger partial charge in [0.15, 0.2) is 0 Å². The number of halogens is 3. The van der Waals surface area contributed by atoms with Crippen LogP contribution in [-0.4, -0.2) is 9.97 Å². The third-order valence-electron chi connectivity index (χ3n) is 3.05. The Kier molecular flexibility index (Phi) is 3.19. The predicted molar refractivity (Wildman–Crippen MR) is 74.9 cm³/mol. The quantitative estimate of drug-likeness (QED) is 0.899. The summed E-state index contributed by atoms with van der Waals surface area (Å²) in [6.07, 6.45) is 2.06. The minimum atomic E-state index is -0.530. The average molecular weight is 344 g/mol.